The maximum Gasteiger partial charge on any atom is 0.178 e. The van der Waals surface area contributed by atoms with Gasteiger partial charge in [-0.3, -0.25) is 5.11 Å². The second-order valence-corrected chi connectivity index (χ2v) is 3.55. The fraction of sp³-hybridized carbons (Fsp3) is 0.455. The summed E-state index contributed by atoms with van der Waals surface area (Å²) in [6.45, 7) is 0. The highest BCUT2D eigenvalue weighted by Gasteiger charge is 2.16. The van der Waals surface area contributed by atoms with Gasteiger partial charge in [-0.25, -0.2) is 0 Å². The van der Waals surface area contributed by atoms with Gasteiger partial charge in [0, 0.05) is 0 Å². The number of benzene rings is 1. The molecule has 63 valence electrons. The summed E-state index contributed by atoms with van der Waals surface area (Å²) in [7, 11) is 0. The molecule has 0 N–H and O–H groups in total. The van der Waals surface area contributed by atoms with E-state index in [1.54, 1.807) is 12.1 Å². The molecule has 1 aromatic carbocycles. The highest BCUT2D eigenvalue weighted by molar-refractivity contribution is 5.28. The molecule has 1 aliphatic carbocycles. The van der Waals surface area contributed by atoms with Gasteiger partial charge in [-0.2, -0.15) is 0 Å². The summed E-state index contributed by atoms with van der Waals surface area (Å²) < 4.78 is 0. The zero-order valence-corrected chi connectivity index (χ0v) is 7.12. The molecule has 1 fully saturated rings. The Hall–Kier alpha value is -0.980. The zero-order valence-electron chi connectivity index (χ0n) is 7.12. The third kappa shape index (κ3) is 1.45. The van der Waals surface area contributed by atoms with Crippen LogP contribution >= 0.6 is 0 Å². The number of hydrogen-bond donors (Lipinski definition) is 0. The van der Waals surface area contributed by atoms with Crippen molar-refractivity contribution in [2.45, 2.75) is 31.6 Å². The Labute approximate surface area is 73.0 Å². The maximum atomic E-state index is 10.8. The molecule has 1 heteroatoms. The lowest BCUT2D eigenvalue weighted by molar-refractivity contribution is 0.354. The van der Waals surface area contributed by atoms with Gasteiger partial charge in [0.25, 0.3) is 0 Å². The van der Waals surface area contributed by atoms with Gasteiger partial charge in [0.2, 0.25) is 0 Å². The molecule has 0 atom stereocenters. The molecular formula is C11H13O. The van der Waals surface area contributed by atoms with Crippen LogP contribution in [-0.2, 0) is 5.11 Å². The molecule has 1 radical (unpaired) electrons. The van der Waals surface area contributed by atoms with Gasteiger partial charge in [-0.15, -0.1) is 0 Å². The summed E-state index contributed by atoms with van der Waals surface area (Å²) in [5.74, 6) is 0.849. The lowest BCUT2D eigenvalue weighted by Gasteiger charge is -2.07. The van der Waals surface area contributed by atoms with E-state index in [9.17, 15) is 5.11 Å². The Morgan fingerprint density at radius 1 is 1.00 bits per heavy atom. The first-order valence-corrected chi connectivity index (χ1v) is 4.63. The van der Waals surface area contributed by atoms with Crippen LogP contribution in [0.2, 0.25) is 0 Å². The molecule has 1 aromatic rings. The van der Waals surface area contributed by atoms with Crippen LogP contribution in [0.15, 0.2) is 24.3 Å². The minimum Gasteiger partial charge on any atom is -0.290 e. The number of rotatable bonds is 1. The van der Waals surface area contributed by atoms with Gasteiger partial charge < -0.3 is 0 Å². The number of hydrogen-bond acceptors (Lipinski definition) is 0. The summed E-state index contributed by atoms with van der Waals surface area (Å²) in [5.41, 5.74) is 1.35. The molecular weight excluding hydrogens is 148 g/mol. The van der Waals surface area contributed by atoms with Crippen molar-refractivity contribution in [3.8, 4) is 5.75 Å². The predicted molar refractivity (Wildman–Crippen MR) is 47.8 cm³/mol. The SMILES string of the molecule is [O]c1ccc(C2CCCC2)cc1. The minimum absolute atomic E-state index is 0.122. The van der Waals surface area contributed by atoms with Crippen LogP contribution in [0.25, 0.3) is 0 Å². The van der Waals surface area contributed by atoms with E-state index < -0.39 is 0 Å². The van der Waals surface area contributed by atoms with E-state index >= 15 is 0 Å². The Balaban J connectivity index is 2.17. The normalized spacial score (nSPS) is 18.3. The minimum atomic E-state index is 0.122. The summed E-state index contributed by atoms with van der Waals surface area (Å²) in [6, 6.07) is 7.32. The van der Waals surface area contributed by atoms with Crippen LogP contribution in [0.1, 0.15) is 37.2 Å². The first-order chi connectivity index (χ1) is 5.86. The van der Waals surface area contributed by atoms with E-state index in [1.165, 1.54) is 31.2 Å². The largest absolute Gasteiger partial charge is 0.290 e. The Kier molecular flexibility index (Phi) is 2.03. The third-order valence-electron chi connectivity index (χ3n) is 2.71. The fourth-order valence-corrected chi connectivity index (χ4v) is 2.00. The van der Waals surface area contributed by atoms with E-state index in [0.717, 1.165) is 5.92 Å². The second kappa shape index (κ2) is 3.18. The molecule has 0 unspecified atom stereocenters. The van der Waals surface area contributed by atoms with Crippen LogP contribution in [0.5, 0.6) is 5.75 Å². The second-order valence-electron chi connectivity index (χ2n) is 3.55. The average molecular weight is 161 g/mol. The molecule has 2 rings (SSSR count). The van der Waals surface area contributed by atoms with Crippen molar-refractivity contribution in [2.24, 2.45) is 0 Å². The third-order valence-corrected chi connectivity index (χ3v) is 2.71. The van der Waals surface area contributed by atoms with E-state index in [4.69, 9.17) is 0 Å². The van der Waals surface area contributed by atoms with Gasteiger partial charge in [0.15, 0.2) is 5.75 Å². The van der Waals surface area contributed by atoms with E-state index in [0.29, 0.717) is 0 Å². The Bertz CT molecular complexity index is 244. The standard InChI is InChI=1S/C11H13O/c12-11-7-5-10(6-8-11)9-3-1-2-4-9/h5-9H,1-4H2. The van der Waals surface area contributed by atoms with E-state index in [1.807, 2.05) is 12.1 Å². The van der Waals surface area contributed by atoms with Gasteiger partial charge >= 0.3 is 0 Å². The topological polar surface area (TPSA) is 19.9 Å². The zero-order chi connectivity index (χ0) is 8.39. The molecule has 1 aliphatic rings. The van der Waals surface area contributed by atoms with E-state index in [2.05, 4.69) is 0 Å². The van der Waals surface area contributed by atoms with E-state index in [-0.39, 0.29) is 5.75 Å². The smallest absolute Gasteiger partial charge is 0.178 e. The molecule has 0 aromatic heterocycles. The van der Waals surface area contributed by atoms with Crippen LogP contribution in [0.3, 0.4) is 0 Å². The van der Waals surface area contributed by atoms with Crippen molar-refractivity contribution in [3.05, 3.63) is 29.8 Å². The molecule has 0 heterocycles. The van der Waals surface area contributed by atoms with Crippen molar-refractivity contribution in [1.29, 1.82) is 0 Å². The van der Waals surface area contributed by atoms with Crippen LogP contribution < -0.4 is 0 Å². The summed E-state index contributed by atoms with van der Waals surface area (Å²) >= 11 is 0. The van der Waals surface area contributed by atoms with Gasteiger partial charge in [0.1, 0.15) is 0 Å². The van der Waals surface area contributed by atoms with Crippen molar-refractivity contribution < 1.29 is 5.11 Å². The highest BCUT2D eigenvalue weighted by Crippen LogP contribution is 2.34. The van der Waals surface area contributed by atoms with Gasteiger partial charge in [0.05, 0.1) is 0 Å². The maximum absolute atomic E-state index is 10.8. The van der Waals surface area contributed by atoms with Gasteiger partial charge in [-0.05, 0) is 36.5 Å². The molecule has 0 amide bonds. The molecule has 0 saturated heterocycles. The first kappa shape index (κ1) is 7.66. The lowest BCUT2D eigenvalue weighted by Crippen LogP contribution is -1.90. The Morgan fingerprint density at radius 2 is 1.58 bits per heavy atom. The average Bonchev–Trinajstić information content (AvgIpc) is 2.58. The quantitative estimate of drug-likeness (QED) is 0.601. The van der Waals surface area contributed by atoms with Crippen LogP contribution in [-0.4, -0.2) is 0 Å². The lowest BCUT2D eigenvalue weighted by atomic mass is 9.98. The van der Waals surface area contributed by atoms with Crippen LogP contribution in [0.4, 0.5) is 0 Å². The van der Waals surface area contributed by atoms with Crippen molar-refractivity contribution >= 4 is 0 Å². The van der Waals surface area contributed by atoms with Crippen molar-refractivity contribution in [1.82, 2.24) is 0 Å². The van der Waals surface area contributed by atoms with Gasteiger partial charge in [-0.1, -0.05) is 25.0 Å². The molecule has 1 saturated carbocycles. The van der Waals surface area contributed by atoms with Crippen molar-refractivity contribution in [2.75, 3.05) is 0 Å². The molecule has 1 nitrogen and oxygen atoms in total. The molecule has 0 aliphatic heterocycles. The summed E-state index contributed by atoms with van der Waals surface area (Å²) in [6.07, 6.45) is 5.31. The predicted octanol–water partition coefficient (Wildman–Crippen LogP) is 3.49. The summed E-state index contributed by atoms with van der Waals surface area (Å²) in [4.78, 5) is 0. The highest BCUT2D eigenvalue weighted by atomic mass is 16.3. The molecule has 12 heavy (non-hydrogen) atoms. The Morgan fingerprint density at radius 3 is 2.17 bits per heavy atom. The summed E-state index contributed by atoms with van der Waals surface area (Å²) in [5, 5.41) is 10.8. The van der Waals surface area contributed by atoms with Crippen molar-refractivity contribution in [3.63, 3.8) is 0 Å². The molecule has 0 spiro atoms. The monoisotopic (exact) mass is 161 g/mol. The first-order valence-electron chi connectivity index (χ1n) is 4.63. The molecule has 0 bridgehead atoms. The fourth-order valence-electron chi connectivity index (χ4n) is 2.00. The van der Waals surface area contributed by atoms with Crippen LogP contribution in [0, 0.1) is 0 Å².